The molecule has 0 saturated carbocycles. The zero-order valence-corrected chi connectivity index (χ0v) is 16.4. The summed E-state index contributed by atoms with van der Waals surface area (Å²) in [6, 6.07) is 10.6. The average Bonchev–Trinajstić information content (AvgIpc) is 2.92. The Labute approximate surface area is 160 Å². The van der Waals surface area contributed by atoms with E-state index in [9.17, 15) is 0 Å². The minimum atomic E-state index is 0.814. The lowest BCUT2D eigenvalue weighted by Crippen LogP contribution is -2.27. The van der Waals surface area contributed by atoms with Gasteiger partial charge in [-0.05, 0) is 48.9 Å². The summed E-state index contributed by atoms with van der Waals surface area (Å²) in [5.41, 5.74) is 5.48. The van der Waals surface area contributed by atoms with Gasteiger partial charge in [0.1, 0.15) is 5.82 Å². The first kappa shape index (κ1) is 17.4. The van der Waals surface area contributed by atoms with Gasteiger partial charge < -0.3 is 14.4 Å². The maximum absolute atomic E-state index is 6.28. The average molecular weight is 369 g/mol. The Bertz CT molecular complexity index is 927. The molecule has 4 nitrogen and oxygen atoms in total. The minimum absolute atomic E-state index is 0.814. The van der Waals surface area contributed by atoms with E-state index in [4.69, 9.17) is 11.6 Å². The molecule has 1 aliphatic heterocycles. The quantitative estimate of drug-likeness (QED) is 0.696. The van der Waals surface area contributed by atoms with E-state index in [2.05, 4.69) is 45.8 Å². The standard InChI is InChI=1S/C21H25ClN4/c1-24(2)21-7-4-15(13-23-21)8-11-26-19-6-5-16(22)12-17(19)18-14-25(3)10-9-20(18)26/h4-7,12-13H,8-11,14H2,1-3H3. The predicted molar refractivity (Wildman–Crippen MR) is 109 cm³/mol. The van der Waals surface area contributed by atoms with Gasteiger partial charge in [0.05, 0.1) is 0 Å². The highest BCUT2D eigenvalue weighted by Gasteiger charge is 2.22. The number of likely N-dealkylation sites (N-methyl/N-ethyl adjacent to an activating group) is 1. The summed E-state index contributed by atoms with van der Waals surface area (Å²) < 4.78 is 2.49. The molecule has 0 spiro atoms. The number of fused-ring (bicyclic) bond motifs is 3. The van der Waals surface area contributed by atoms with Crippen molar-refractivity contribution in [2.75, 3.05) is 32.6 Å². The van der Waals surface area contributed by atoms with Crippen LogP contribution in [0, 0.1) is 0 Å². The third-order valence-electron chi connectivity index (χ3n) is 5.30. The summed E-state index contributed by atoms with van der Waals surface area (Å²) in [4.78, 5) is 8.96. The fraction of sp³-hybridized carbons (Fsp3) is 0.381. The SMILES string of the molecule is CN1CCc2c(c3cc(Cl)ccc3n2CCc2ccc(N(C)C)nc2)C1. The Morgan fingerprint density at radius 1 is 1.19 bits per heavy atom. The van der Waals surface area contributed by atoms with Crippen molar-refractivity contribution in [2.24, 2.45) is 0 Å². The van der Waals surface area contributed by atoms with Crippen LogP contribution in [0.15, 0.2) is 36.5 Å². The first-order valence-corrected chi connectivity index (χ1v) is 9.51. The number of aryl methyl sites for hydroxylation is 2. The molecule has 136 valence electrons. The normalized spacial score (nSPS) is 14.6. The first-order chi connectivity index (χ1) is 12.5. The van der Waals surface area contributed by atoms with E-state index in [1.165, 1.54) is 27.7 Å². The first-order valence-electron chi connectivity index (χ1n) is 9.13. The summed E-state index contributed by atoms with van der Waals surface area (Å²) >= 11 is 6.28. The molecule has 0 radical (unpaired) electrons. The molecule has 0 fully saturated rings. The lowest BCUT2D eigenvalue weighted by Gasteiger charge is -2.24. The molecule has 26 heavy (non-hydrogen) atoms. The van der Waals surface area contributed by atoms with Crippen LogP contribution in [0.25, 0.3) is 10.9 Å². The van der Waals surface area contributed by atoms with E-state index >= 15 is 0 Å². The number of aromatic nitrogens is 2. The van der Waals surface area contributed by atoms with Crippen LogP contribution in [0.3, 0.4) is 0 Å². The number of hydrogen-bond donors (Lipinski definition) is 0. The lowest BCUT2D eigenvalue weighted by atomic mass is 10.1. The maximum Gasteiger partial charge on any atom is 0.127 e. The Morgan fingerprint density at radius 3 is 2.77 bits per heavy atom. The monoisotopic (exact) mass is 368 g/mol. The number of nitrogens with zero attached hydrogens (tertiary/aromatic N) is 4. The highest BCUT2D eigenvalue weighted by atomic mass is 35.5. The number of pyridine rings is 1. The summed E-state index contributed by atoms with van der Waals surface area (Å²) in [6.07, 6.45) is 4.07. The Hall–Kier alpha value is -2.04. The highest BCUT2D eigenvalue weighted by molar-refractivity contribution is 6.31. The molecular weight excluding hydrogens is 344 g/mol. The lowest BCUT2D eigenvalue weighted by molar-refractivity contribution is 0.309. The predicted octanol–water partition coefficient (Wildman–Crippen LogP) is 3.99. The zero-order valence-electron chi connectivity index (χ0n) is 15.7. The van der Waals surface area contributed by atoms with Crippen LogP contribution in [-0.4, -0.2) is 42.1 Å². The molecule has 0 N–H and O–H groups in total. The fourth-order valence-electron chi connectivity index (χ4n) is 3.88. The summed E-state index contributed by atoms with van der Waals surface area (Å²) in [7, 11) is 6.22. The highest BCUT2D eigenvalue weighted by Crippen LogP contribution is 2.32. The number of benzene rings is 1. The fourth-order valence-corrected chi connectivity index (χ4v) is 4.05. The van der Waals surface area contributed by atoms with Crippen LogP contribution in [-0.2, 0) is 25.9 Å². The van der Waals surface area contributed by atoms with E-state index < -0.39 is 0 Å². The van der Waals surface area contributed by atoms with E-state index in [1.807, 2.05) is 31.3 Å². The smallest absolute Gasteiger partial charge is 0.127 e. The van der Waals surface area contributed by atoms with Gasteiger partial charge in [-0.3, -0.25) is 0 Å². The molecule has 0 unspecified atom stereocenters. The van der Waals surface area contributed by atoms with Crippen molar-refractivity contribution in [2.45, 2.75) is 25.9 Å². The second-order valence-electron chi connectivity index (χ2n) is 7.40. The van der Waals surface area contributed by atoms with Gasteiger partial charge in [0, 0.05) is 68.0 Å². The van der Waals surface area contributed by atoms with Crippen LogP contribution < -0.4 is 4.90 Å². The maximum atomic E-state index is 6.28. The third-order valence-corrected chi connectivity index (χ3v) is 5.53. The molecule has 1 aromatic carbocycles. The molecule has 0 aliphatic carbocycles. The summed E-state index contributed by atoms with van der Waals surface area (Å²) in [5, 5.41) is 2.12. The van der Waals surface area contributed by atoms with E-state index in [1.54, 1.807) is 0 Å². The number of anilines is 1. The second kappa shape index (κ2) is 6.93. The van der Waals surface area contributed by atoms with Crippen molar-refractivity contribution in [1.82, 2.24) is 14.5 Å². The molecule has 0 atom stereocenters. The molecule has 5 heteroatoms. The van der Waals surface area contributed by atoms with E-state index in [0.717, 1.165) is 43.3 Å². The van der Waals surface area contributed by atoms with Gasteiger partial charge in [-0.2, -0.15) is 0 Å². The van der Waals surface area contributed by atoms with Gasteiger partial charge >= 0.3 is 0 Å². The van der Waals surface area contributed by atoms with Crippen LogP contribution in [0.2, 0.25) is 5.02 Å². The van der Waals surface area contributed by atoms with Gasteiger partial charge in [0.15, 0.2) is 0 Å². The Balaban J connectivity index is 1.66. The molecule has 0 bridgehead atoms. The number of rotatable bonds is 4. The summed E-state index contributed by atoms with van der Waals surface area (Å²) in [5.74, 6) is 0.996. The topological polar surface area (TPSA) is 24.3 Å². The minimum Gasteiger partial charge on any atom is -0.363 e. The zero-order chi connectivity index (χ0) is 18.3. The van der Waals surface area contributed by atoms with E-state index in [0.29, 0.717) is 0 Å². The van der Waals surface area contributed by atoms with Gasteiger partial charge in [0.2, 0.25) is 0 Å². The van der Waals surface area contributed by atoms with Gasteiger partial charge in [-0.25, -0.2) is 4.98 Å². The molecular formula is C21H25ClN4. The van der Waals surface area contributed by atoms with Crippen LogP contribution in [0.5, 0.6) is 0 Å². The van der Waals surface area contributed by atoms with Gasteiger partial charge in [0.25, 0.3) is 0 Å². The van der Waals surface area contributed by atoms with Gasteiger partial charge in [-0.1, -0.05) is 17.7 Å². The molecule has 0 amide bonds. The number of hydrogen-bond acceptors (Lipinski definition) is 3. The van der Waals surface area contributed by atoms with E-state index in [-0.39, 0.29) is 0 Å². The molecule has 4 rings (SSSR count). The van der Waals surface area contributed by atoms with Crippen LogP contribution >= 0.6 is 11.6 Å². The van der Waals surface area contributed by atoms with Crippen molar-refractivity contribution >= 4 is 28.3 Å². The van der Waals surface area contributed by atoms with Crippen molar-refractivity contribution in [1.29, 1.82) is 0 Å². The molecule has 1 aliphatic rings. The Kier molecular flexibility index (Phi) is 4.63. The van der Waals surface area contributed by atoms with Gasteiger partial charge in [-0.15, -0.1) is 0 Å². The third kappa shape index (κ3) is 3.19. The Morgan fingerprint density at radius 2 is 2.04 bits per heavy atom. The largest absolute Gasteiger partial charge is 0.363 e. The van der Waals surface area contributed by atoms with Crippen molar-refractivity contribution in [3.63, 3.8) is 0 Å². The van der Waals surface area contributed by atoms with Crippen molar-refractivity contribution in [3.05, 3.63) is 58.4 Å². The van der Waals surface area contributed by atoms with Crippen molar-refractivity contribution in [3.8, 4) is 0 Å². The van der Waals surface area contributed by atoms with Crippen LogP contribution in [0.4, 0.5) is 5.82 Å². The summed E-state index contributed by atoms with van der Waals surface area (Å²) in [6.45, 7) is 3.08. The van der Waals surface area contributed by atoms with Crippen LogP contribution in [0.1, 0.15) is 16.8 Å². The molecule has 3 heterocycles. The molecule has 2 aromatic heterocycles. The van der Waals surface area contributed by atoms with Crippen molar-refractivity contribution < 1.29 is 0 Å². The molecule has 0 saturated heterocycles. The second-order valence-corrected chi connectivity index (χ2v) is 7.83. The number of halogens is 1. The molecule has 3 aromatic rings.